The third kappa shape index (κ3) is 1.68. The number of hydrogen-bond donors (Lipinski definition) is 0. The van der Waals surface area contributed by atoms with E-state index in [1.807, 2.05) is 18.2 Å². The van der Waals surface area contributed by atoms with Crippen LogP contribution in [0.25, 0.3) is 11.3 Å². The average Bonchev–Trinajstić information content (AvgIpc) is 2.67. The first-order valence-corrected chi connectivity index (χ1v) is 5.89. The summed E-state index contributed by atoms with van der Waals surface area (Å²) in [4.78, 5) is 16.0. The fourth-order valence-electron chi connectivity index (χ4n) is 2.39. The van der Waals surface area contributed by atoms with E-state index in [1.54, 1.807) is 0 Å². The zero-order valence-electron chi connectivity index (χ0n) is 9.81. The van der Waals surface area contributed by atoms with Gasteiger partial charge in [-0.2, -0.15) is 0 Å². The van der Waals surface area contributed by atoms with Crippen LogP contribution in [0.3, 0.4) is 0 Å². The Kier molecular flexibility index (Phi) is 2.32. The first-order chi connectivity index (χ1) is 8.25. The van der Waals surface area contributed by atoms with E-state index in [0.717, 1.165) is 23.6 Å². The summed E-state index contributed by atoms with van der Waals surface area (Å²) in [5, 5.41) is 0. The van der Waals surface area contributed by atoms with E-state index in [4.69, 9.17) is 0 Å². The van der Waals surface area contributed by atoms with E-state index in [9.17, 15) is 4.79 Å². The van der Waals surface area contributed by atoms with Crippen LogP contribution in [0, 0.1) is 6.92 Å². The number of nitrogens with zero attached hydrogens (tertiary/aromatic N) is 2. The molecule has 0 atom stereocenters. The fourth-order valence-corrected chi connectivity index (χ4v) is 2.39. The molecule has 0 fully saturated rings. The highest BCUT2D eigenvalue weighted by atomic mass is 16.1. The van der Waals surface area contributed by atoms with Crippen molar-refractivity contribution in [3.8, 4) is 11.3 Å². The van der Waals surface area contributed by atoms with E-state index in [0.29, 0.717) is 18.6 Å². The zero-order chi connectivity index (χ0) is 11.8. The topological polar surface area (TPSA) is 34.9 Å². The molecule has 0 bridgehead atoms. The highest BCUT2D eigenvalue weighted by molar-refractivity contribution is 5.81. The molecule has 2 aromatic rings. The molecule has 0 aliphatic carbocycles. The number of ketones is 1. The van der Waals surface area contributed by atoms with E-state index in [-0.39, 0.29) is 0 Å². The van der Waals surface area contributed by atoms with Gasteiger partial charge in [0.05, 0.1) is 12.1 Å². The van der Waals surface area contributed by atoms with Crippen molar-refractivity contribution in [2.45, 2.75) is 26.3 Å². The normalized spacial score (nSPS) is 14.8. The van der Waals surface area contributed by atoms with E-state index >= 15 is 0 Å². The van der Waals surface area contributed by atoms with Crippen LogP contribution in [0.15, 0.2) is 30.3 Å². The number of carbonyl (C=O) groups is 1. The van der Waals surface area contributed by atoms with Gasteiger partial charge in [0, 0.05) is 24.2 Å². The van der Waals surface area contributed by atoms with Gasteiger partial charge < -0.3 is 4.57 Å². The van der Waals surface area contributed by atoms with Gasteiger partial charge in [0.15, 0.2) is 0 Å². The van der Waals surface area contributed by atoms with Crippen molar-refractivity contribution in [1.82, 2.24) is 9.55 Å². The van der Waals surface area contributed by atoms with Crippen LogP contribution in [0.2, 0.25) is 0 Å². The molecule has 3 heteroatoms. The number of carbonyl (C=O) groups excluding carboxylic acids is 1. The lowest BCUT2D eigenvalue weighted by atomic mass is 10.1. The minimum atomic E-state index is 0.294. The Labute approximate surface area is 100 Å². The van der Waals surface area contributed by atoms with Gasteiger partial charge in [-0.3, -0.25) is 4.79 Å². The van der Waals surface area contributed by atoms with Crippen molar-refractivity contribution in [3.05, 3.63) is 41.9 Å². The van der Waals surface area contributed by atoms with Crippen molar-refractivity contribution < 1.29 is 4.79 Å². The van der Waals surface area contributed by atoms with Crippen molar-refractivity contribution in [2.24, 2.45) is 0 Å². The monoisotopic (exact) mass is 226 g/mol. The van der Waals surface area contributed by atoms with Gasteiger partial charge in [-0.1, -0.05) is 30.3 Å². The van der Waals surface area contributed by atoms with Crippen LogP contribution in [0.4, 0.5) is 0 Å². The van der Waals surface area contributed by atoms with Crippen molar-refractivity contribution in [2.75, 3.05) is 0 Å². The van der Waals surface area contributed by atoms with Gasteiger partial charge in [0.1, 0.15) is 11.6 Å². The Morgan fingerprint density at radius 1 is 1.24 bits per heavy atom. The lowest BCUT2D eigenvalue weighted by Gasteiger charge is -2.13. The molecule has 1 aromatic heterocycles. The molecule has 0 amide bonds. The van der Waals surface area contributed by atoms with Crippen molar-refractivity contribution >= 4 is 5.78 Å². The maximum Gasteiger partial charge on any atom is 0.142 e. The molecule has 0 N–H and O–H groups in total. The second kappa shape index (κ2) is 3.84. The highest BCUT2D eigenvalue weighted by Crippen LogP contribution is 2.25. The van der Waals surface area contributed by atoms with Gasteiger partial charge in [-0.15, -0.1) is 0 Å². The Balaban J connectivity index is 2.11. The summed E-state index contributed by atoms with van der Waals surface area (Å²) in [6, 6.07) is 10.1. The molecule has 1 aliphatic heterocycles. The maximum absolute atomic E-state index is 11.4. The van der Waals surface area contributed by atoms with E-state index < -0.39 is 0 Å². The Morgan fingerprint density at radius 3 is 2.76 bits per heavy atom. The lowest BCUT2D eigenvalue weighted by Crippen LogP contribution is -2.19. The summed E-state index contributed by atoms with van der Waals surface area (Å²) < 4.78 is 2.17. The molecule has 2 heterocycles. The molecule has 0 unspecified atom stereocenters. The molecule has 3 rings (SSSR count). The van der Waals surface area contributed by atoms with Gasteiger partial charge in [-0.05, 0) is 6.92 Å². The first-order valence-electron chi connectivity index (χ1n) is 5.89. The Hall–Kier alpha value is -1.90. The van der Waals surface area contributed by atoms with Gasteiger partial charge in [0.25, 0.3) is 0 Å². The molecule has 0 saturated carbocycles. The summed E-state index contributed by atoms with van der Waals surface area (Å²) >= 11 is 0. The third-order valence-electron chi connectivity index (χ3n) is 3.32. The smallest absolute Gasteiger partial charge is 0.142 e. The van der Waals surface area contributed by atoms with Crippen LogP contribution in [-0.2, 0) is 17.8 Å². The minimum Gasteiger partial charge on any atom is -0.331 e. The lowest BCUT2D eigenvalue weighted by molar-refractivity contribution is -0.119. The van der Waals surface area contributed by atoms with Crippen LogP contribution in [0.1, 0.15) is 17.9 Å². The number of Topliss-reactive ketones (excluding diaryl/α,β-unsaturated/α-hetero) is 1. The Bertz CT molecular complexity index is 569. The molecule has 17 heavy (non-hydrogen) atoms. The summed E-state index contributed by atoms with van der Waals surface area (Å²) in [7, 11) is 0. The number of benzene rings is 1. The number of aromatic nitrogens is 2. The fraction of sp³-hybridized carbons (Fsp3) is 0.286. The summed E-state index contributed by atoms with van der Waals surface area (Å²) in [6.45, 7) is 2.86. The molecule has 0 spiro atoms. The predicted octanol–water partition coefficient (Wildman–Crippen LogP) is 2.37. The van der Waals surface area contributed by atoms with Crippen LogP contribution in [0.5, 0.6) is 0 Å². The molecule has 0 radical (unpaired) electrons. The molecular formula is C14H14N2O. The summed E-state index contributed by atoms with van der Waals surface area (Å²) in [5.41, 5.74) is 3.30. The number of rotatable bonds is 1. The second-order valence-electron chi connectivity index (χ2n) is 4.45. The number of hydrogen-bond acceptors (Lipinski definition) is 2. The van der Waals surface area contributed by atoms with Crippen LogP contribution < -0.4 is 0 Å². The largest absolute Gasteiger partial charge is 0.331 e. The minimum absolute atomic E-state index is 0.294. The number of fused-ring (bicyclic) bond motifs is 1. The van der Waals surface area contributed by atoms with Crippen LogP contribution >= 0.6 is 0 Å². The molecule has 0 saturated heterocycles. The number of imidazole rings is 1. The molecule has 1 aliphatic rings. The summed E-state index contributed by atoms with van der Waals surface area (Å²) in [5.74, 6) is 1.21. The zero-order valence-corrected chi connectivity index (χ0v) is 9.81. The van der Waals surface area contributed by atoms with Crippen molar-refractivity contribution in [3.63, 3.8) is 0 Å². The standard InChI is InChI=1S/C14H14N2O/c1-10-14(11-5-3-2-4-6-11)15-13-9-12(17)7-8-16(10)13/h2-6H,7-9H2,1H3. The third-order valence-corrected chi connectivity index (χ3v) is 3.32. The Morgan fingerprint density at radius 2 is 2.00 bits per heavy atom. The average molecular weight is 226 g/mol. The first kappa shape index (κ1) is 10.3. The predicted molar refractivity (Wildman–Crippen MR) is 65.7 cm³/mol. The van der Waals surface area contributed by atoms with E-state index in [2.05, 4.69) is 28.6 Å². The quantitative estimate of drug-likeness (QED) is 0.748. The molecule has 1 aromatic carbocycles. The SMILES string of the molecule is Cc1c(-c2ccccc2)nc2n1CCC(=O)C2. The van der Waals surface area contributed by atoms with Gasteiger partial charge in [-0.25, -0.2) is 4.98 Å². The highest BCUT2D eigenvalue weighted by Gasteiger charge is 2.21. The second-order valence-corrected chi connectivity index (χ2v) is 4.45. The van der Waals surface area contributed by atoms with E-state index in [1.165, 1.54) is 5.69 Å². The van der Waals surface area contributed by atoms with Gasteiger partial charge in [0.2, 0.25) is 0 Å². The van der Waals surface area contributed by atoms with Crippen LogP contribution in [-0.4, -0.2) is 15.3 Å². The maximum atomic E-state index is 11.4. The van der Waals surface area contributed by atoms with Crippen molar-refractivity contribution in [1.29, 1.82) is 0 Å². The molecular weight excluding hydrogens is 212 g/mol. The molecule has 3 nitrogen and oxygen atoms in total. The molecule has 86 valence electrons. The van der Waals surface area contributed by atoms with Gasteiger partial charge >= 0.3 is 0 Å². The summed E-state index contributed by atoms with van der Waals surface area (Å²) in [6.07, 6.45) is 1.12.